The number of phenols is 1. The number of fused-ring (bicyclic) bond motifs is 3. The van der Waals surface area contributed by atoms with Crippen LogP contribution in [0, 0.1) is 11.8 Å². The van der Waals surface area contributed by atoms with Crippen LogP contribution in [0.2, 0.25) is 0 Å². The Kier molecular flexibility index (Phi) is 7.75. The quantitative estimate of drug-likeness (QED) is 0.266. The van der Waals surface area contributed by atoms with Crippen LogP contribution in [0.15, 0.2) is 47.2 Å². The largest absolute Gasteiger partial charge is 0.508 e. The fourth-order valence-electron chi connectivity index (χ4n) is 7.11. The van der Waals surface area contributed by atoms with Gasteiger partial charge < -0.3 is 31.5 Å². The van der Waals surface area contributed by atoms with Crippen molar-refractivity contribution in [3.63, 3.8) is 0 Å². The average molecular weight is 590 g/mol. The normalized spacial score (nSPS) is 25.3. The number of nitrogens with two attached hydrogens (primary N) is 1. The molecule has 0 heterocycles. The number of hydrogen-bond donors (Lipinski definition) is 6. The Morgan fingerprint density at radius 3 is 2.42 bits per heavy atom. The predicted molar refractivity (Wildman–Crippen MR) is 161 cm³/mol. The van der Waals surface area contributed by atoms with Crippen LogP contribution in [0.25, 0.3) is 16.9 Å². The molecular weight excluding hydrogens is 550 g/mol. The van der Waals surface area contributed by atoms with E-state index in [-0.39, 0.29) is 29.7 Å². The lowest BCUT2D eigenvalue weighted by Gasteiger charge is -2.50. The lowest BCUT2D eigenvalue weighted by molar-refractivity contribution is -0.153. The lowest BCUT2D eigenvalue weighted by Crippen LogP contribution is -2.65. The minimum Gasteiger partial charge on any atom is -0.508 e. The molecule has 10 nitrogen and oxygen atoms in total. The van der Waals surface area contributed by atoms with Crippen molar-refractivity contribution in [2.24, 2.45) is 17.6 Å². The van der Waals surface area contributed by atoms with E-state index in [0.717, 1.165) is 28.7 Å². The molecule has 5 rings (SSSR count). The van der Waals surface area contributed by atoms with Gasteiger partial charge in [-0.3, -0.25) is 19.3 Å². The summed E-state index contributed by atoms with van der Waals surface area (Å²) in [4.78, 5) is 41.1. The number of amides is 1. The summed E-state index contributed by atoms with van der Waals surface area (Å²) < 4.78 is 0. The average Bonchev–Trinajstić information content (AvgIpc) is 2.93. The Balaban J connectivity index is 1.70. The second-order valence-electron chi connectivity index (χ2n) is 12.3. The van der Waals surface area contributed by atoms with E-state index in [1.54, 1.807) is 14.1 Å². The van der Waals surface area contributed by atoms with Crippen molar-refractivity contribution in [1.82, 2.24) is 10.2 Å². The third-order valence-electron chi connectivity index (χ3n) is 9.16. The van der Waals surface area contributed by atoms with E-state index >= 15 is 0 Å². The Morgan fingerprint density at radius 1 is 1.12 bits per heavy atom. The van der Waals surface area contributed by atoms with Crippen molar-refractivity contribution >= 4 is 23.2 Å². The molecule has 0 radical (unpaired) electrons. The molecule has 1 saturated carbocycles. The molecule has 1 amide bonds. The van der Waals surface area contributed by atoms with E-state index in [2.05, 4.69) is 44.3 Å². The number of carbonyl (C=O) groups is 3. The maximum atomic E-state index is 14.1. The zero-order valence-corrected chi connectivity index (χ0v) is 25.1. The first-order valence-electron chi connectivity index (χ1n) is 14.6. The number of aliphatic hydroxyl groups is 3. The van der Waals surface area contributed by atoms with E-state index in [0.29, 0.717) is 18.2 Å². The molecule has 10 heteroatoms. The van der Waals surface area contributed by atoms with Crippen molar-refractivity contribution in [3.8, 4) is 16.9 Å². The number of primary amides is 1. The Morgan fingerprint density at radius 2 is 1.81 bits per heavy atom. The molecule has 43 heavy (non-hydrogen) atoms. The van der Waals surface area contributed by atoms with Gasteiger partial charge in [-0.15, -0.1) is 0 Å². The molecule has 1 fully saturated rings. The fourth-order valence-corrected chi connectivity index (χ4v) is 7.11. The summed E-state index contributed by atoms with van der Waals surface area (Å²) in [7, 11) is 3.16. The summed E-state index contributed by atoms with van der Waals surface area (Å²) in [5.74, 6) is -6.64. The van der Waals surface area contributed by atoms with Crippen molar-refractivity contribution < 1.29 is 34.8 Å². The van der Waals surface area contributed by atoms with Crippen LogP contribution in [0.3, 0.4) is 0 Å². The van der Waals surface area contributed by atoms with E-state index in [1.807, 2.05) is 6.07 Å². The summed E-state index contributed by atoms with van der Waals surface area (Å²) in [6.07, 6.45) is 1.02. The minimum atomic E-state index is -2.66. The predicted octanol–water partition coefficient (Wildman–Crippen LogP) is 2.69. The van der Waals surface area contributed by atoms with Crippen LogP contribution in [0.5, 0.6) is 5.75 Å². The van der Waals surface area contributed by atoms with Gasteiger partial charge >= 0.3 is 0 Å². The standard InChI is InChI=1S/C33H39N3O7/c1-6-17-8-7-16(14-35-15(2)3)11-20(17)19-9-10-23(37)25-21(19)12-18-13-22-27(36(4)5)29(39)26(32(34)42)31(41)33(22,43)30(40)24(18)28(25)38/h7-11,15,18,22,27,35,37-38,41,43H,6,12-14H2,1-5H3,(H2,34,42)/t18-,22-,27-,33-/m0/s1. The molecule has 0 aliphatic heterocycles. The van der Waals surface area contributed by atoms with E-state index in [4.69, 9.17) is 5.73 Å². The number of aliphatic hydroxyl groups excluding tert-OH is 2. The smallest absolute Gasteiger partial charge is 0.255 e. The lowest BCUT2D eigenvalue weighted by atomic mass is 9.57. The van der Waals surface area contributed by atoms with Crippen LogP contribution in [-0.2, 0) is 33.8 Å². The van der Waals surface area contributed by atoms with Gasteiger partial charge in [0, 0.05) is 24.1 Å². The number of likely N-dealkylation sites (N-methyl/N-ethyl adjacent to an activating group) is 1. The molecule has 0 aromatic heterocycles. The number of phenolic OH excluding ortho intramolecular Hbond substituents is 1. The fraction of sp³-hybridized carbons (Fsp3) is 0.424. The molecule has 2 aromatic rings. The summed E-state index contributed by atoms with van der Waals surface area (Å²) in [6.45, 7) is 6.85. The summed E-state index contributed by atoms with van der Waals surface area (Å²) >= 11 is 0. The highest BCUT2D eigenvalue weighted by Gasteiger charge is 2.64. The maximum absolute atomic E-state index is 14.1. The number of rotatable bonds is 7. The van der Waals surface area contributed by atoms with Crippen molar-refractivity contribution in [3.05, 3.63) is 69.5 Å². The van der Waals surface area contributed by atoms with Gasteiger partial charge in [0.05, 0.1) is 11.6 Å². The Bertz CT molecular complexity index is 1610. The molecule has 0 unspecified atom stereocenters. The van der Waals surface area contributed by atoms with Crippen LogP contribution in [-0.4, -0.2) is 74.6 Å². The van der Waals surface area contributed by atoms with Gasteiger partial charge in [-0.1, -0.05) is 39.0 Å². The Labute approximate surface area is 250 Å². The molecule has 0 bridgehead atoms. The number of hydrogen-bond acceptors (Lipinski definition) is 9. The molecule has 3 aliphatic carbocycles. The number of nitrogens with zero attached hydrogens (tertiary/aromatic N) is 1. The van der Waals surface area contributed by atoms with E-state index in [9.17, 15) is 34.8 Å². The molecule has 2 aromatic carbocycles. The molecule has 4 atom stereocenters. The third-order valence-corrected chi connectivity index (χ3v) is 9.16. The third kappa shape index (κ3) is 4.64. The number of carbonyl (C=O) groups excluding carboxylic acids is 3. The van der Waals surface area contributed by atoms with Gasteiger partial charge in [-0.25, -0.2) is 0 Å². The minimum absolute atomic E-state index is 0.0415. The van der Waals surface area contributed by atoms with Crippen LogP contribution >= 0.6 is 0 Å². The SMILES string of the molecule is CCc1ccc(CNC(C)C)cc1-c1ccc(O)c2c1C[C@H]1C[C@H]3[C@H](N(C)C)C(=O)C(C(N)=O)=C(O)[C@@]3(O)C(=O)C1=C2O. The number of Topliss-reactive ketones (excluding diaryl/α,β-unsaturated/α-hetero) is 2. The topological polar surface area (TPSA) is 173 Å². The highest BCUT2D eigenvalue weighted by atomic mass is 16.3. The maximum Gasteiger partial charge on any atom is 0.255 e. The number of benzene rings is 2. The first-order valence-corrected chi connectivity index (χ1v) is 14.6. The molecule has 0 spiro atoms. The summed E-state index contributed by atoms with van der Waals surface area (Å²) in [5, 5.41) is 48.8. The number of ketones is 2. The van der Waals surface area contributed by atoms with Crippen molar-refractivity contribution in [2.45, 2.75) is 64.3 Å². The van der Waals surface area contributed by atoms with Crippen LogP contribution in [0.1, 0.15) is 49.4 Å². The second-order valence-corrected chi connectivity index (χ2v) is 12.3. The number of aromatic hydroxyl groups is 1. The van der Waals surface area contributed by atoms with Gasteiger partial charge in [-0.2, -0.15) is 0 Å². The Hall–Kier alpha value is -3.99. The van der Waals surface area contributed by atoms with Gasteiger partial charge in [0.2, 0.25) is 5.78 Å². The van der Waals surface area contributed by atoms with E-state index in [1.165, 1.54) is 11.0 Å². The highest BCUT2D eigenvalue weighted by Crippen LogP contribution is 2.53. The van der Waals surface area contributed by atoms with Gasteiger partial charge in [0.25, 0.3) is 5.91 Å². The van der Waals surface area contributed by atoms with Crippen LogP contribution in [0.4, 0.5) is 0 Å². The summed E-state index contributed by atoms with van der Waals surface area (Å²) in [5.41, 5.74) is 6.37. The first-order chi connectivity index (χ1) is 20.2. The van der Waals surface area contributed by atoms with Crippen LogP contribution < -0.4 is 11.1 Å². The summed E-state index contributed by atoms with van der Waals surface area (Å²) in [6, 6.07) is 8.68. The van der Waals surface area contributed by atoms with E-state index < -0.39 is 58.0 Å². The molecule has 3 aliphatic rings. The number of nitrogens with one attached hydrogen (secondary N) is 1. The molecule has 7 N–H and O–H groups in total. The van der Waals surface area contributed by atoms with Gasteiger partial charge in [0.15, 0.2) is 11.4 Å². The molecular formula is C33H39N3O7. The second kappa shape index (κ2) is 10.9. The van der Waals surface area contributed by atoms with Crippen molar-refractivity contribution in [2.75, 3.05) is 14.1 Å². The monoisotopic (exact) mass is 589 g/mol. The molecule has 0 saturated heterocycles. The first kappa shape index (κ1) is 30.5. The van der Waals surface area contributed by atoms with Gasteiger partial charge in [-0.05, 0) is 79.2 Å². The molecule has 228 valence electrons. The highest BCUT2D eigenvalue weighted by molar-refractivity contribution is 6.24. The van der Waals surface area contributed by atoms with Gasteiger partial charge in [0.1, 0.15) is 22.8 Å². The number of aryl methyl sites for hydroxylation is 1. The zero-order chi connectivity index (χ0) is 31.5. The van der Waals surface area contributed by atoms with Crippen molar-refractivity contribution in [1.29, 1.82) is 0 Å². The zero-order valence-electron chi connectivity index (χ0n) is 25.1.